The molecular formula is C14H18BrClFN. The molecule has 0 spiro atoms. The van der Waals surface area contributed by atoms with Crippen LogP contribution in [0.2, 0.25) is 5.02 Å². The van der Waals surface area contributed by atoms with Crippen molar-refractivity contribution in [1.29, 1.82) is 0 Å². The van der Waals surface area contributed by atoms with Crippen LogP contribution >= 0.6 is 27.5 Å². The van der Waals surface area contributed by atoms with Crippen LogP contribution in [0.1, 0.15) is 31.2 Å². The van der Waals surface area contributed by atoms with Crippen molar-refractivity contribution in [1.82, 2.24) is 4.90 Å². The number of nitrogens with zero attached hydrogens (tertiary/aromatic N) is 1. The van der Waals surface area contributed by atoms with Crippen LogP contribution in [0.25, 0.3) is 0 Å². The summed E-state index contributed by atoms with van der Waals surface area (Å²) in [4.78, 5) is 2.48. The fraction of sp³-hybridized carbons (Fsp3) is 0.571. The molecule has 1 nitrogen and oxygen atoms in total. The topological polar surface area (TPSA) is 3.24 Å². The van der Waals surface area contributed by atoms with E-state index >= 15 is 0 Å². The van der Waals surface area contributed by atoms with Crippen LogP contribution < -0.4 is 0 Å². The summed E-state index contributed by atoms with van der Waals surface area (Å²) in [6.45, 7) is 1.95. The lowest BCUT2D eigenvalue weighted by molar-refractivity contribution is 0.137. The van der Waals surface area contributed by atoms with Gasteiger partial charge in [0.25, 0.3) is 0 Å². The van der Waals surface area contributed by atoms with Gasteiger partial charge in [-0.2, -0.15) is 0 Å². The van der Waals surface area contributed by atoms with Gasteiger partial charge in [0.1, 0.15) is 5.82 Å². The highest BCUT2D eigenvalue weighted by atomic mass is 79.9. The Hall–Kier alpha value is -0.120. The first-order valence-corrected chi connectivity index (χ1v) is 7.94. The zero-order valence-corrected chi connectivity index (χ0v) is 12.7. The average Bonchev–Trinajstić information content (AvgIpc) is 2.35. The van der Waals surface area contributed by atoms with Gasteiger partial charge in [-0.3, -0.25) is 4.90 Å². The SMILES string of the molecule is Fc1ccc(CN2CCCCC2CCBr)c(Cl)c1. The van der Waals surface area contributed by atoms with Crippen molar-refractivity contribution in [2.75, 3.05) is 11.9 Å². The van der Waals surface area contributed by atoms with Crippen LogP contribution in [0, 0.1) is 5.82 Å². The monoisotopic (exact) mass is 333 g/mol. The molecule has 0 aromatic heterocycles. The fourth-order valence-corrected chi connectivity index (χ4v) is 3.35. The Balaban J connectivity index is 2.06. The lowest BCUT2D eigenvalue weighted by Crippen LogP contribution is -2.39. The van der Waals surface area contributed by atoms with E-state index in [1.165, 1.54) is 37.8 Å². The third-order valence-corrected chi connectivity index (χ3v) is 4.39. The minimum absolute atomic E-state index is 0.264. The standard InChI is InChI=1S/C14H18BrClFN/c15-7-6-13-3-1-2-8-18(13)10-11-4-5-12(17)9-14(11)16/h4-5,9,13H,1-3,6-8,10H2. The Morgan fingerprint density at radius 2 is 2.22 bits per heavy atom. The summed E-state index contributed by atoms with van der Waals surface area (Å²) in [6.07, 6.45) is 4.98. The average molecular weight is 335 g/mol. The molecule has 0 aliphatic carbocycles. The summed E-state index contributed by atoms with van der Waals surface area (Å²) < 4.78 is 13.0. The van der Waals surface area contributed by atoms with E-state index in [9.17, 15) is 4.39 Å². The molecule has 18 heavy (non-hydrogen) atoms. The summed E-state index contributed by atoms with van der Waals surface area (Å²) in [5, 5.41) is 1.57. The van der Waals surface area contributed by atoms with E-state index in [1.807, 2.05) is 0 Å². The summed E-state index contributed by atoms with van der Waals surface area (Å²) in [5.41, 5.74) is 1.03. The van der Waals surface area contributed by atoms with E-state index in [-0.39, 0.29) is 5.82 Å². The van der Waals surface area contributed by atoms with E-state index < -0.39 is 0 Å². The first-order chi connectivity index (χ1) is 8.70. The molecular weight excluding hydrogens is 317 g/mol. The van der Waals surface area contributed by atoms with Crippen molar-refractivity contribution in [2.45, 2.75) is 38.3 Å². The number of hydrogen-bond donors (Lipinski definition) is 0. The lowest BCUT2D eigenvalue weighted by atomic mass is 9.99. The Morgan fingerprint density at radius 3 is 2.94 bits per heavy atom. The highest BCUT2D eigenvalue weighted by Gasteiger charge is 2.22. The highest BCUT2D eigenvalue weighted by Crippen LogP contribution is 2.25. The van der Waals surface area contributed by atoms with Crippen LogP contribution in [0.15, 0.2) is 18.2 Å². The molecule has 0 radical (unpaired) electrons. The van der Waals surface area contributed by atoms with Gasteiger partial charge in [-0.05, 0) is 43.5 Å². The van der Waals surface area contributed by atoms with Crippen molar-refractivity contribution in [3.05, 3.63) is 34.6 Å². The molecule has 1 atom stereocenters. The van der Waals surface area contributed by atoms with Gasteiger partial charge in [0.05, 0.1) is 0 Å². The highest BCUT2D eigenvalue weighted by molar-refractivity contribution is 9.09. The fourth-order valence-electron chi connectivity index (χ4n) is 2.59. The molecule has 1 aromatic rings. The van der Waals surface area contributed by atoms with Crippen LogP contribution in [-0.2, 0) is 6.54 Å². The largest absolute Gasteiger partial charge is 0.296 e. The molecule has 1 saturated heterocycles. The zero-order chi connectivity index (χ0) is 13.0. The Bertz CT molecular complexity index is 397. The van der Waals surface area contributed by atoms with Crippen LogP contribution in [0.5, 0.6) is 0 Å². The molecule has 1 aliphatic heterocycles. The van der Waals surface area contributed by atoms with Crippen molar-refractivity contribution >= 4 is 27.5 Å². The normalized spacial score (nSPS) is 21.2. The van der Waals surface area contributed by atoms with Gasteiger partial charge in [0.2, 0.25) is 0 Å². The van der Waals surface area contributed by atoms with E-state index in [4.69, 9.17) is 11.6 Å². The molecule has 1 unspecified atom stereocenters. The summed E-state index contributed by atoms with van der Waals surface area (Å²) in [6, 6.07) is 5.32. The van der Waals surface area contributed by atoms with Crippen LogP contribution in [0.3, 0.4) is 0 Å². The predicted octanol–water partition coefficient (Wildman–Crippen LogP) is 4.62. The Kier molecular flexibility index (Phi) is 5.46. The maximum Gasteiger partial charge on any atom is 0.124 e. The minimum Gasteiger partial charge on any atom is -0.296 e. The molecule has 0 saturated carbocycles. The lowest BCUT2D eigenvalue weighted by Gasteiger charge is -2.35. The number of piperidine rings is 1. The molecule has 1 heterocycles. The third-order valence-electron chi connectivity index (χ3n) is 3.58. The van der Waals surface area contributed by atoms with Crippen molar-refractivity contribution in [3.63, 3.8) is 0 Å². The molecule has 100 valence electrons. The van der Waals surface area contributed by atoms with Crippen molar-refractivity contribution < 1.29 is 4.39 Å². The maximum absolute atomic E-state index is 13.0. The number of halogens is 3. The molecule has 4 heteroatoms. The minimum atomic E-state index is -0.264. The molecule has 0 bridgehead atoms. The Morgan fingerprint density at radius 1 is 1.39 bits per heavy atom. The van der Waals surface area contributed by atoms with Gasteiger partial charge >= 0.3 is 0 Å². The summed E-state index contributed by atoms with van der Waals surface area (Å²) in [7, 11) is 0. The molecule has 2 rings (SSSR count). The quantitative estimate of drug-likeness (QED) is 0.726. The predicted molar refractivity (Wildman–Crippen MR) is 77.9 cm³/mol. The van der Waals surface area contributed by atoms with Gasteiger partial charge < -0.3 is 0 Å². The van der Waals surface area contributed by atoms with Gasteiger partial charge in [0.15, 0.2) is 0 Å². The number of rotatable bonds is 4. The molecule has 1 aromatic carbocycles. The second kappa shape index (κ2) is 6.88. The second-order valence-corrected chi connectivity index (χ2v) is 6.03. The van der Waals surface area contributed by atoms with E-state index in [1.54, 1.807) is 6.07 Å². The first kappa shape index (κ1) is 14.3. The zero-order valence-electron chi connectivity index (χ0n) is 10.3. The smallest absolute Gasteiger partial charge is 0.124 e. The van der Waals surface area contributed by atoms with Gasteiger partial charge in [-0.25, -0.2) is 4.39 Å². The number of hydrogen-bond acceptors (Lipinski definition) is 1. The molecule has 1 aliphatic rings. The molecule has 1 fully saturated rings. The van der Waals surface area contributed by atoms with E-state index in [0.717, 1.165) is 24.0 Å². The number of benzene rings is 1. The maximum atomic E-state index is 13.0. The third kappa shape index (κ3) is 3.69. The van der Waals surface area contributed by atoms with Crippen molar-refractivity contribution in [2.24, 2.45) is 0 Å². The van der Waals surface area contributed by atoms with Crippen LogP contribution in [0.4, 0.5) is 4.39 Å². The van der Waals surface area contributed by atoms with Crippen LogP contribution in [-0.4, -0.2) is 22.8 Å². The second-order valence-electron chi connectivity index (χ2n) is 4.83. The van der Waals surface area contributed by atoms with E-state index in [0.29, 0.717) is 11.1 Å². The van der Waals surface area contributed by atoms with Gasteiger partial charge in [-0.1, -0.05) is 40.0 Å². The van der Waals surface area contributed by atoms with Gasteiger partial charge in [-0.15, -0.1) is 0 Å². The van der Waals surface area contributed by atoms with Crippen molar-refractivity contribution in [3.8, 4) is 0 Å². The summed E-state index contributed by atoms with van der Waals surface area (Å²) in [5.74, 6) is -0.264. The van der Waals surface area contributed by atoms with E-state index in [2.05, 4.69) is 20.8 Å². The number of alkyl halides is 1. The van der Waals surface area contributed by atoms with Gasteiger partial charge in [0, 0.05) is 22.9 Å². The molecule has 0 amide bonds. The summed E-state index contributed by atoms with van der Waals surface area (Å²) >= 11 is 9.62. The first-order valence-electron chi connectivity index (χ1n) is 6.44. The molecule has 0 N–H and O–H groups in total. The number of likely N-dealkylation sites (tertiary alicyclic amines) is 1. The Labute approximate surface area is 121 Å².